The summed E-state index contributed by atoms with van der Waals surface area (Å²) < 4.78 is 42.2. The van der Waals surface area contributed by atoms with E-state index in [2.05, 4.69) is 10.4 Å². The maximum absolute atomic E-state index is 13.4. The standard InChI is InChI=1S/C24H22N4O6S/c1-14-22-17(24(29)25-11-15-4-5-20-21(9-15)34-13-33-20)10-18(19-3-2-7-32-19)26-23(22)28(27-14)16-6-8-35(30,31)12-16/h2-5,7,9-10,16H,6,8,11-13H2,1H3,(H,25,29)/t16-/m1/s1. The average Bonchev–Trinajstić information content (AvgIpc) is 3.63. The Hall–Kier alpha value is -3.86. The van der Waals surface area contributed by atoms with Gasteiger partial charge in [0.25, 0.3) is 5.91 Å². The molecule has 1 saturated heterocycles. The first-order valence-electron chi connectivity index (χ1n) is 11.2. The number of pyridine rings is 1. The lowest BCUT2D eigenvalue weighted by Crippen LogP contribution is -2.23. The van der Waals surface area contributed by atoms with Crippen LogP contribution in [0.2, 0.25) is 0 Å². The molecule has 0 spiro atoms. The van der Waals surface area contributed by atoms with Gasteiger partial charge in [-0.3, -0.25) is 4.79 Å². The zero-order chi connectivity index (χ0) is 24.2. The molecule has 1 fully saturated rings. The number of amides is 1. The third-order valence-corrected chi connectivity index (χ3v) is 8.05. The molecule has 1 amide bonds. The molecule has 1 atom stereocenters. The Kier molecular flexibility index (Phi) is 5.03. The van der Waals surface area contributed by atoms with Gasteiger partial charge in [0.2, 0.25) is 6.79 Å². The van der Waals surface area contributed by atoms with E-state index in [4.69, 9.17) is 18.9 Å². The van der Waals surface area contributed by atoms with Gasteiger partial charge in [-0.05, 0) is 49.2 Å². The molecule has 0 saturated carbocycles. The van der Waals surface area contributed by atoms with Crippen LogP contribution in [0, 0.1) is 6.92 Å². The highest BCUT2D eigenvalue weighted by atomic mass is 32.2. The number of nitrogens with zero attached hydrogens (tertiary/aromatic N) is 3. The van der Waals surface area contributed by atoms with Crippen LogP contribution in [-0.2, 0) is 16.4 Å². The predicted octanol–water partition coefficient (Wildman–Crippen LogP) is 3.02. The van der Waals surface area contributed by atoms with E-state index in [9.17, 15) is 13.2 Å². The summed E-state index contributed by atoms with van der Waals surface area (Å²) in [5.41, 5.74) is 2.80. The molecule has 0 bridgehead atoms. The van der Waals surface area contributed by atoms with Crippen molar-refractivity contribution in [3.63, 3.8) is 0 Å². The quantitative estimate of drug-likeness (QED) is 0.449. The fourth-order valence-corrected chi connectivity index (χ4v) is 6.29. The number of carbonyl (C=O) groups excluding carboxylic acids is 1. The van der Waals surface area contributed by atoms with Crippen LogP contribution < -0.4 is 14.8 Å². The lowest BCUT2D eigenvalue weighted by Gasteiger charge is -2.12. The number of rotatable bonds is 5. The summed E-state index contributed by atoms with van der Waals surface area (Å²) in [7, 11) is -3.13. The van der Waals surface area contributed by atoms with Crippen LogP contribution in [0.15, 0.2) is 47.1 Å². The highest BCUT2D eigenvalue weighted by Gasteiger charge is 2.32. The summed E-state index contributed by atoms with van der Waals surface area (Å²) in [4.78, 5) is 18.1. The summed E-state index contributed by atoms with van der Waals surface area (Å²) in [6.07, 6.45) is 1.99. The molecule has 6 rings (SSSR count). The number of benzene rings is 1. The topological polar surface area (TPSA) is 126 Å². The van der Waals surface area contributed by atoms with Crippen molar-refractivity contribution in [2.45, 2.75) is 25.9 Å². The summed E-state index contributed by atoms with van der Waals surface area (Å²) >= 11 is 0. The molecule has 2 aliphatic heterocycles. The highest BCUT2D eigenvalue weighted by molar-refractivity contribution is 7.91. The van der Waals surface area contributed by atoms with E-state index >= 15 is 0 Å². The van der Waals surface area contributed by atoms with E-state index in [0.29, 0.717) is 51.7 Å². The Balaban J connectivity index is 1.39. The maximum atomic E-state index is 13.4. The predicted molar refractivity (Wildman–Crippen MR) is 126 cm³/mol. The molecule has 0 unspecified atom stereocenters. The fourth-order valence-electron chi connectivity index (χ4n) is 4.59. The summed E-state index contributed by atoms with van der Waals surface area (Å²) in [6, 6.07) is 10.4. The van der Waals surface area contributed by atoms with Gasteiger partial charge < -0.3 is 19.2 Å². The average molecular weight is 495 g/mol. The van der Waals surface area contributed by atoms with Crippen LogP contribution in [0.4, 0.5) is 0 Å². The van der Waals surface area contributed by atoms with Gasteiger partial charge in [-0.1, -0.05) is 6.07 Å². The number of furan rings is 1. The molecule has 0 radical (unpaired) electrons. The second-order valence-corrected chi connectivity index (χ2v) is 10.9. The van der Waals surface area contributed by atoms with Gasteiger partial charge >= 0.3 is 0 Å². The highest BCUT2D eigenvalue weighted by Crippen LogP contribution is 2.34. The molecule has 35 heavy (non-hydrogen) atoms. The maximum Gasteiger partial charge on any atom is 0.252 e. The number of carbonyl (C=O) groups is 1. The van der Waals surface area contributed by atoms with E-state index < -0.39 is 9.84 Å². The summed E-state index contributed by atoms with van der Waals surface area (Å²) in [5, 5.41) is 8.16. The van der Waals surface area contributed by atoms with Gasteiger partial charge in [0.15, 0.2) is 32.7 Å². The number of hydrogen-bond acceptors (Lipinski definition) is 8. The molecule has 11 heteroatoms. The molecule has 4 aromatic rings. The van der Waals surface area contributed by atoms with E-state index in [1.54, 1.807) is 29.8 Å². The molecule has 10 nitrogen and oxygen atoms in total. The van der Waals surface area contributed by atoms with E-state index in [1.807, 2.05) is 18.2 Å². The number of ether oxygens (including phenoxy) is 2. The number of fused-ring (bicyclic) bond motifs is 2. The number of aromatic nitrogens is 3. The number of aryl methyl sites for hydroxylation is 1. The summed E-state index contributed by atoms with van der Waals surface area (Å²) in [6.45, 7) is 2.26. The van der Waals surface area contributed by atoms with Gasteiger partial charge in [-0.2, -0.15) is 5.10 Å². The molecule has 180 valence electrons. The third kappa shape index (κ3) is 3.91. The Morgan fingerprint density at radius 2 is 2.06 bits per heavy atom. The van der Waals surface area contributed by atoms with Crippen molar-refractivity contribution in [2.24, 2.45) is 0 Å². The van der Waals surface area contributed by atoms with E-state index in [1.165, 1.54) is 6.26 Å². The first kappa shape index (κ1) is 21.7. The van der Waals surface area contributed by atoms with Gasteiger partial charge in [-0.15, -0.1) is 0 Å². The Labute approximate surface area is 200 Å². The van der Waals surface area contributed by atoms with Crippen molar-refractivity contribution < 1.29 is 27.1 Å². The molecule has 3 aromatic heterocycles. The van der Waals surface area contributed by atoms with Crippen LogP contribution in [0.1, 0.15) is 34.1 Å². The second kappa shape index (κ2) is 8.12. The third-order valence-electron chi connectivity index (χ3n) is 6.30. The fraction of sp³-hybridized carbons (Fsp3) is 0.292. The van der Waals surface area contributed by atoms with E-state index in [-0.39, 0.29) is 36.8 Å². The van der Waals surface area contributed by atoms with Crippen LogP contribution in [-0.4, -0.2) is 47.4 Å². The van der Waals surface area contributed by atoms with Crippen molar-refractivity contribution >= 4 is 26.8 Å². The van der Waals surface area contributed by atoms with Crippen molar-refractivity contribution in [1.29, 1.82) is 0 Å². The number of nitrogens with one attached hydrogen (secondary N) is 1. The second-order valence-electron chi connectivity index (χ2n) is 8.69. The van der Waals surface area contributed by atoms with Crippen LogP contribution >= 0.6 is 0 Å². The summed E-state index contributed by atoms with van der Waals surface area (Å²) in [5.74, 6) is 1.63. The molecule has 0 aliphatic carbocycles. The zero-order valence-corrected chi connectivity index (χ0v) is 19.7. The van der Waals surface area contributed by atoms with Crippen LogP contribution in [0.3, 0.4) is 0 Å². The van der Waals surface area contributed by atoms with Crippen molar-refractivity contribution in [3.05, 3.63) is 59.5 Å². The van der Waals surface area contributed by atoms with Crippen molar-refractivity contribution in [2.75, 3.05) is 18.3 Å². The molecular formula is C24H22N4O6S. The van der Waals surface area contributed by atoms with Gasteiger partial charge in [0.05, 0.1) is 40.5 Å². The number of hydrogen-bond donors (Lipinski definition) is 1. The van der Waals surface area contributed by atoms with Crippen molar-refractivity contribution in [3.8, 4) is 23.0 Å². The van der Waals surface area contributed by atoms with E-state index in [0.717, 1.165) is 5.56 Å². The lowest BCUT2D eigenvalue weighted by molar-refractivity contribution is 0.0952. The molecule has 5 heterocycles. The Bertz CT molecular complexity index is 1560. The molecular weight excluding hydrogens is 472 g/mol. The molecule has 2 aliphatic rings. The smallest absolute Gasteiger partial charge is 0.252 e. The van der Waals surface area contributed by atoms with Crippen molar-refractivity contribution in [1.82, 2.24) is 20.1 Å². The Morgan fingerprint density at radius 1 is 1.20 bits per heavy atom. The van der Waals surface area contributed by atoms with Gasteiger partial charge in [-0.25, -0.2) is 18.1 Å². The monoisotopic (exact) mass is 494 g/mol. The normalized spacial score (nSPS) is 18.3. The minimum atomic E-state index is -3.13. The Morgan fingerprint density at radius 3 is 2.83 bits per heavy atom. The molecule has 1 aromatic carbocycles. The SMILES string of the molecule is Cc1nn([C@@H]2CCS(=O)(=O)C2)c2nc(-c3ccco3)cc(C(=O)NCc3ccc4c(c3)OCO4)c12. The van der Waals surface area contributed by atoms with Crippen LogP contribution in [0.25, 0.3) is 22.5 Å². The first-order valence-corrected chi connectivity index (χ1v) is 13.0. The first-order chi connectivity index (χ1) is 16.9. The number of sulfone groups is 1. The minimum absolute atomic E-state index is 0.00151. The molecule has 1 N–H and O–H groups in total. The van der Waals surface area contributed by atoms with Gasteiger partial charge in [0, 0.05) is 6.54 Å². The minimum Gasteiger partial charge on any atom is -0.463 e. The lowest BCUT2D eigenvalue weighted by atomic mass is 10.1. The van der Waals surface area contributed by atoms with Crippen LogP contribution in [0.5, 0.6) is 11.5 Å². The van der Waals surface area contributed by atoms with Gasteiger partial charge in [0.1, 0.15) is 5.69 Å². The largest absolute Gasteiger partial charge is 0.463 e. The zero-order valence-electron chi connectivity index (χ0n) is 18.9.